The van der Waals surface area contributed by atoms with E-state index in [1.807, 2.05) is 13.8 Å². The summed E-state index contributed by atoms with van der Waals surface area (Å²) in [5.41, 5.74) is -0.560. The second-order valence-electron chi connectivity index (χ2n) is 12.1. The minimum atomic E-state index is -4.54. The van der Waals surface area contributed by atoms with Gasteiger partial charge in [-0.3, -0.25) is 4.90 Å². The van der Waals surface area contributed by atoms with E-state index < -0.39 is 29.4 Å². The van der Waals surface area contributed by atoms with Crippen LogP contribution in [0.3, 0.4) is 0 Å². The molecule has 2 heterocycles. The van der Waals surface area contributed by atoms with Crippen molar-refractivity contribution in [3.8, 4) is 0 Å². The van der Waals surface area contributed by atoms with Crippen LogP contribution in [0.1, 0.15) is 71.9 Å². The van der Waals surface area contributed by atoms with E-state index in [2.05, 4.69) is 25.7 Å². The molecule has 0 N–H and O–H groups in total. The van der Waals surface area contributed by atoms with Crippen molar-refractivity contribution < 1.29 is 32.2 Å². The summed E-state index contributed by atoms with van der Waals surface area (Å²) >= 11 is 0. The van der Waals surface area contributed by atoms with Crippen LogP contribution in [0, 0.1) is 5.41 Å². The van der Waals surface area contributed by atoms with Gasteiger partial charge in [-0.15, -0.1) is 0 Å². The van der Waals surface area contributed by atoms with E-state index in [9.17, 15) is 22.8 Å². The molecule has 10 heteroatoms. The molecular formula is C28H42F3N3O4. The zero-order valence-corrected chi connectivity index (χ0v) is 23.5. The molecule has 0 saturated carbocycles. The number of esters is 1. The van der Waals surface area contributed by atoms with Crippen molar-refractivity contribution in [2.75, 3.05) is 44.2 Å². The number of ether oxygens (including phenoxy) is 2. The predicted molar refractivity (Wildman–Crippen MR) is 140 cm³/mol. The lowest BCUT2D eigenvalue weighted by Gasteiger charge is -2.38. The van der Waals surface area contributed by atoms with Crippen molar-refractivity contribution in [3.05, 3.63) is 29.3 Å². The number of nitrogens with zero attached hydrogens (tertiary/aromatic N) is 3. The third kappa shape index (κ3) is 8.01. The third-order valence-corrected chi connectivity index (χ3v) is 6.84. The molecule has 0 aliphatic carbocycles. The highest BCUT2D eigenvalue weighted by atomic mass is 19.4. The van der Waals surface area contributed by atoms with Crippen LogP contribution in [0.4, 0.5) is 23.7 Å². The van der Waals surface area contributed by atoms with Crippen LogP contribution in [0.5, 0.6) is 0 Å². The zero-order chi connectivity index (χ0) is 28.3. The molecule has 0 aromatic heterocycles. The van der Waals surface area contributed by atoms with E-state index in [1.54, 1.807) is 17.9 Å². The van der Waals surface area contributed by atoms with Crippen LogP contribution in [-0.4, -0.2) is 72.8 Å². The van der Waals surface area contributed by atoms with Crippen molar-refractivity contribution in [3.63, 3.8) is 0 Å². The molecular weight excluding hydrogens is 499 g/mol. The highest BCUT2D eigenvalue weighted by Crippen LogP contribution is 2.40. The van der Waals surface area contributed by atoms with E-state index in [1.165, 1.54) is 11.0 Å². The third-order valence-electron chi connectivity index (χ3n) is 6.84. The Morgan fingerprint density at radius 2 is 1.66 bits per heavy atom. The molecule has 1 amide bonds. The van der Waals surface area contributed by atoms with Crippen molar-refractivity contribution in [2.24, 2.45) is 5.41 Å². The number of carbonyl (C=O) groups excluding carboxylic acids is 2. The van der Waals surface area contributed by atoms with Gasteiger partial charge in [-0.2, -0.15) is 13.2 Å². The van der Waals surface area contributed by atoms with Crippen LogP contribution in [0.2, 0.25) is 0 Å². The van der Waals surface area contributed by atoms with Gasteiger partial charge in [-0.05, 0) is 63.1 Å². The van der Waals surface area contributed by atoms with E-state index in [4.69, 9.17) is 9.47 Å². The number of amides is 1. The first kappa shape index (κ1) is 30.1. The number of benzene rings is 1. The van der Waals surface area contributed by atoms with Crippen LogP contribution in [0.15, 0.2) is 18.2 Å². The van der Waals surface area contributed by atoms with Gasteiger partial charge >= 0.3 is 18.2 Å². The maximum atomic E-state index is 13.9. The smallest absolute Gasteiger partial charge is 0.418 e. The van der Waals surface area contributed by atoms with Crippen molar-refractivity contribution >= 4 is 17.7 Å². The van der Waals surface area contributed by atoms with Crippen molar-refractivity contribution in [1.82, 2.24) is 9.80 Å². The standard InChI is InChI=1S/C28H42F3N3O4/c1-7-37-24(35)22-9-8-12-34(22)23-17-20(10-11-21(23)28(29,30)31)18-32-13-15-33(16-14-32)25(36)38-27(5,6)19-26(2,3)4/h10-11,17,22H,7-9,12-16,18-19H2,1-6H3. The Morgan fingerprint density at radius 1 is 1.00 bits per heavy atom. The van der Waals surface area contributed by atoms with E-state index in [0.717, 1.165) is 18.1 Å². The topological polar surface area (TPSA) is 62.3 Å². The SMILES string of the molecule is CCOC(=O)C1CCCN1c1cc(CN2CCN(C(=O)OC(C)(C)CC(C)(C)C)CC2)ccc1C(F)(F)F. The quantitative estimate of drug-likeness (QED) is 0.413. The first-order valence-electron chi connectivity index (χ1n) is 13.4. The molecule has 0 bridgehead atoms. The molecule has 2 aliphatic rings. The molecule has 7 nitrogen and oxygen atoms in total. The maximum Gasteiger partial charge on any atom is 0.418 e. The minimum absolute atomic E-state index is 0.0221. The fraction of sp³-hybridized carbons (Fsp3) is 0.714. The first-order chi connectivity index (χ1) is 17.6. The second kappa shape index (κ2) is 11.7. The summed E-state index contributed by atoms with van der Waals surface area (Å²) in [6.07, 6.45) is -3.06. The summed E-state index contributed by atoms with van der Waals surface area (Å²) in [6.45, 7) is 15.0. The Morgan fingerprint density at radius 3 is 2.24 bits per heavy atom. The van der Waals surface area contributed by atoms with Gasteiger partial charge in [0.2, 0.25) is 0 Å². The van der Waals surface area contributed by atoms with Gasteiger partial charge in [0.05, 0.1) is 12.2 Å². The molecule has 2 fully saturated rings. The summed E-state index contributed by atoms with van der Waals surface area (Å²) in [5.74, 6) is -0.489. The summed E-state index contributed by atoms with van der Waals surface area (Å²) < 4.78 is 52.6. The molecule has 0 radical (unpaired) electrons. The van der Waals surface area contributed by atoms with Gasteiger partial charge in [0.15, 0.2) is 0 Å². The largest absolute Gasteiger partial charge is 0.464 e. The van der Waals surface area contributed by atoms with Gasteiger partial charge in [0, 0.05) is 45.0 Å². The number of alkyl halides is 3. The average Bonchev–Trinajstić information content (AvgIpc) is 3.27. The van der Waals surface area contributed by atoms with Crippen LogP contribution >= 0.6 is 0 Å². The highest BCUT2D eigenvalue weighted by Gasteiger charge is 2.40. The Hall–Kier alpha value is -2.49. The number of hydrogen-bond donors (Lipinski definition) is 0. The number of halogens is 3. The Bertz CT molecular complexity index is 983. The Kier molecular flexibility index (Phi) is 9.27. The van der Waals surface area contributed by atoms with Gasteiger partial charge in [0.1, 0.15) is 11.6 Å². The molecule has 1 atom stereocenters. The lowest BCUT2D eigenvalue weighted by Crippen LogP contribution is -2.50. The van der Waals surface area contributed by atoms with Crippen LogP contribution in [0.25, 0.3) is 0 Å². The Balaban J connectivity index is 1.67. The number of rotatable bonds is 7. The first-order valence-corrected chi connectivity index (χ1v) is 13.4. The lowest BCUT2D eigenvalue weighted by molar-refractivity contribution is -0.145. The van der Waals surface area contributed by atoms with E-state index >= 15 is 0 Å². The molecule has 38 heavy (non-hydrogen) atoms. The molecule has 3 rings (SSSR count). The molecule has 2 saturated heterocycles. The summed E-state index contributed by atoms with van der Waals surface area (Å²) in [7, 11) is 0. The van der Waals surface area contributed by atoms with Crippen LogP contribution in [-0.2, 0) is 27.0 Å². The summed E-state index contributed by atoms with van der Waals surface area (Å²) in [5, 5.41) is 0. The fourth-order valence-electron chi connectivity index (χ4n) is 5.65. The predicted octanol–water partition coefficient (Wildman–Crippen LogP) is 5.71. The molecule has 1 aromatic carbocycles. The number of piperazine rings is 1. The zero-order valence-electron chi connectivity index (χ0n) is 23.5. The maximum absolute atomic E-state index is 13.9. The summed E-state index contributed by atoms with van der Waals surface area (Å²) in [4.78, 5) is 30.5. The average molecular weight is 542 g/mol. The molecule has 1 aromatic rings. The van der Waals surface area contributed by atoms with Gasteiger partial charge < -0.3 is 19.3 Å². The fourth-order valence-corrected chi connectivity index (χ4v) is 5.65. The van der Waals surface area contributed by atoms with Crippen LogP contribution < -0.4 is 4.90 Å². The Labute approximate surface area is 224 Å². The molecule has 1 unspecified atom stereocenters. The number of carbonyl (C=O) groups is 2. The van der Waals surface area contributed by atoms with Crippen molar-refractivity contribution in [2.45, 2.75) is 85.2 Å². The highest BCUT2D eigenvalue weighted by molar-refractivity contribution is 5.81. The normalized spacial score (nSPS) is 19.6. The molecule has 0 spiro atoms. The number of hydrogen-bond acceptors (Lipinski definition) is 6. The number of anilines is 1. The second-order valence-corrected chi connectivity index (χ2v) is 12.1. The summed E-state index contributed by atoms with van der Waals surface area (Å²) in [6, 6.07) is 3.44. The monoisotopic (exact) mass is 541 g/mol. The minimum Gasteiger partial charge on any atom is -0.464 e. The van der Waals surface area contributed by atoms with Gasteiger partial charge in [-0.25, -0.2) is 9.59 Å². The lowest BCUT2D eigenvalue weighted by atomic mass is 9.84. The van der Waals surface area contributed by atoms with Crippen molar-refractivity contribution in [1.29, 1.82) is 0 Å². The van der Waals surface area contributed by atoms with Gasteiger partial charge in [0.25, 0.3) is 0 Å². The van der Waals surface area contributed by atoms with E-state index in [-0.39, 0.29) is 23.8 Å². The molecule has 2 aliphatic heterocycles. The van der Waals surface area contributed by atoms with Gasteiger partial charge in [-0.1, -0.05) is 26.8 Å². The van der Waals surface area contributed by atoms with E-state index in [0.29, 0.717) is 52.1 Å². The molecule has 214 valence electrons.